The molecule has 0 saturated heterocycles. The van der Waals surface area contributed by atoms with E-state index in [2.05, 4.69) is 4.98 Å². The molecule has 0 aliphatic heterocycles. The molecule has 2 rings (SSSR count). The molecule has 92 valence electrons. The maximum atomic E-state index is 12.8. The number of aromatic nitrogens is 1. The van der Waals surface area contributed by atoms with Crippen LogP contribution in [0, 0.1) is 5.82 Å². The van der Waals surface area contributed by atoms with E-state index in [9.17, 15) is 9.18 Å². The number of carboxylic acid groups (broad SMARTS) is 1. The van der Waals surface area contributed by atoms with Crippen molar-refractivity contribution in [1.82, 2.24) is 4.98 Å². The van der Waals surface area contributed by atoms with Gasteiger partial charge in [0.25, 0.3) is 0 Å². The Balaban J connectivity index is 2.47. The predicted molar refractivity (Wildman–Crippen MR) is 66.0 cm³/mol. The Morgan fingerprint density at radius 1 is 1.22 bits per heavy atom. The lowest BCUT2D eigenvalue weighted by molar-refractivity contribution is 0.0695. The van der Waals surface area contributed by atoms with Crippen LogP contribution in [0.5, 0.6) is 0 Å². The zero-order valence-electron chi connectivity index (χ0n) is 9.85. The third-order valence-electron chi connectivity index (χ3n) is 2.68. The number of rotatable bonds is 3. The van der Waals surface area contributed by atoms with Crippen molar-refractivity contribution in [2.45, 2.75) is 13.3 Å². The molecule has 3 nitrogen and oxygen atoms in total. The van der Waals surface area contributed by atoms with Crippen molar-refractivity contribution in [3.8, 4) is 11.3 Å². The van der Waals surface area contributed by atoms with E-state index in [0.717, 1.165) is 5.56 Å². The van der Waals surface area contributed by atoms with Gasteiger partial charge in [0.05, 0.1) is 17.0 Å². The molecular formula is C14H12FNO2. The Kier molecular flexibility index (Phi) is 3.37. The Morgan fingerprint density at radius 3 is 2.44 bits per heavy atom. The second-order valence-electron chi connectivity index (χ2n) is 3.86. The number of pyridine rings is 1. The highest BCUT2D eigenvalue weighted by atomic mass is 19.1. The smallest absolute Gasteiger partial charge is 0.337 e. The van der Waals surface area contributed by atoms with E-state index in [1.807, 2.05) is 6.92 Å². The molecule has 2 aromatic rings. The number of carboxylic acids is 1. The summed E-state index contributed by atoms with van der Waals surface area (Å²) in [5.41, 5.74) is 2.16. The highest BCUT2D eigenvalue weighted by Gasteiger charge is 2.11. The summed E-state index contributed by atoms with van der Waals surface area (Å²) < 4.78 is 12.8. The molecule has 0 atom stereocenters. The molecule has 1 heterocycles. The van der Waals surface area contributed by atoms with Gasteiger partial charge in [0.1, 0.15) is 5.82 Å². The summed E-state index contributed by atoms with van der Waals surface area (Å²) in [6.07, 6.45) is 0.538. The Hall–Kier alpha value is -2.23. The Bertz CT molecular complexity index is 579. The van der Waals surface area contributed by atoms with E-state index in [-0.39, 0.29) is 11.4 Å². The van der Waals surface area contributed by atoms with Crippen molar-refractivity contribution in [2.24, 2.45) is 0 Å². The fourth-order valence-electron chi connectivity index (χ4n) is 1.75. The van der Waals surface area contributed by atoms with Crippen LogP contribution in [0.15, 0.2) is 36.4 Å². The SMILES string of the molecule is CCc1nc(-c2ccc(F)cc2)ccc1C(=O)O. The molecule has 4 heteroatoms. The van der Waals surface area contributed by atoms with Gasteiger partial charge in [0.2, 0.25) is 0 Å². The number of aryl methyl sites for hydroxylation is 1. The van der Waals surface area contributed by atoms with Crippen molar-refractivity contribution >= 4 is 5.97 Å². The van der Waals surface area contributed by atoms with E-state index in [1.54, 1.807) is 18.2 Å². The van der Waals surface area contributed by atoms with E-state index in [4.69, 9.17) is 5.11 Å². The van der Waals surface area contributed by atoms with Crippen molar-refractivity contribution in [3.05, 3.63) is 53.5 Å². The van der Waals surface area contributed by atoms with Crippen LogP contribution in [-0.4, -0.2) is 16.1 Å². The minimum Gasteiger partial charge on any atom is -0.478 e. The first-order chi connectivity index (χ1) is 8.61. The number of carbonyl (C=O) groups is 1. The summed E-state index contributed by atoms with van der Waals surface area (Å²) in [5, 5.41) is 9.01. The molecular weight excluding hydrogens is 233 g/mol. The van der Waals surface area contributed by atoms with Crippen LogP contribution in [0.4, 0.5) is 4.39 Å². The molecule has 0 saturated carbocycles. The highest BCUT2D eigenvalue weighted by molar-refractivity contribution is 5.89. The second kappa shape index (κ2) is 4.96. The molecule has 0 radical (unpaired) electrons. The maximum Gasteiger partial charge on any atom is 0.337 e. The summed E-state index contributed by atoms with van der Waals surface area (Å²) in [7, 11) is 0. The summed E-state index contributed by atoms with van der Waals surface area (Å²) >= 11 is 0. The Morgan fingerprint density at radius 2 is 1.89 bits per heavy atom. The van der Waals surface area contributed by atoms with Gasteiger partial charge in [0, 0.05) is 5.56 Å². The van der Waals surface area contributed by atoms with Crippen LogP contribution in [0.3, 0.4) is 0 Å². The molecule has 1 N–H and O–H groups in total. The predicted octanol–water partition coefficient (Wildman–Crippen LogP) is 3.15. The zero-order valence-corrected chi connectivity index (χ0v) is 9.85. The van der Waals surface area contributed by atoms with Crippen molar-refractivity contribution in [2.75, 3.05) is 0 Å². The minimum atomic E-state index is -0.981. The number of hydrogen-bond acceptors (Lipinski definition) is 2. The monoisotopic (exact) mass is 245 g/mol. The van der Waals surface area contributed by atoms with E-state index >= 15 is 0 Å². The molecule has 0 spiro atoms. The fraction of sp³-hybridized carbons (Fsp3) is 0.143. The molecule has 0 amide bonds. The van der Waals surface area contributed by atoms with E-state index < -0.39 is 5.97 Å². The van der Waals surface area contributed by atoms with Gasteiger partial charge < -0.3 is 5.11 Å². The number of nitrogens with zero attached hydrogens (tertiary/aromatic N) is 1. The topological polar surface area (TPSA) is 50.2 Å². The molecule has 0 aliphatic carbocycles. The average molecular weight is 245 g/mol. The third-order valence-corrected chi connectivity index (χ3v) is 2.68. The van der Waals surface area contributed by atoms with Crippen molar-refractivity contribution in [1.29, 1.82) is 0 Å². The van der Waals surface area contributed by atoms with Gasteiger partial charge in [0.15, 0.2) is 0 Å². The maximum absolute atomic E-state index is 12.8. The van der Waals surface area contributed by atoms with Gasteiger partial charge in [-0.3, -0.25) is 4.98 Å². The van der Waals surface area contributed by atoms with Gasteiger partial charge in [-0.05, 0) is 42.8 Å². The standard InChI is InChI=1S/C14H12FNO2/c1-2-12-11(14(17)18)7-8-13(16-12)9-3-5-10(15)6-4-9/h3-8H,2H2,1H3,(H,17,18). The van der Waals surface area contributed by atoms with Gasteiger partial charge in [-0.15, -0.1) is 0 Å². The zero-order chi connectivity index (χ0) is 13.1. The second-order valence-corrected chi connectivity index (χ2v) is 3.86. The summed E-state index contributed by atoms with van der Waals surface area (Å²) in [4.78, 5) is 15.3. The lowest BCUT2D eigenvalue weighted by Gasteiger charge is -2.06. The van der Waals surface area contributed by atoms with Gasteiger partial charge in [-0.2, -0.15) is 0 Å². The average Bonchev–Trinajstić information content (AvgIpc) is 2.38. The van der Waals surface area contributed by atoms with E-state index in [0.29, 0.717) is 17.8 Å². The normalized spacial score (nSPS) is 10.3. The third kappa shape index (κ3) is 2.37. The molecule has 0 aliphatic rings. The number of hydrogen-bond donors (Lipinski definition) is 1. The molecule has 0 unspecified atom stereocenters. The van der Waals surface area contributed by atoms with Gasteiger partial charge in [-0.1, -0.05) is 6.92 Å². The van der Waals surface area contributed by atoms with Crippen LogP contribution >= 0.6 is 0 Å². The first kappa shape index (κ1) is 12.2. The lowest BCUT2D eigenvalue weighted by atomic mass is 10.1. The number of benzene rings is 1. The van der Waals surface area contributed by atoms with E-state index in [1.165, 1.54) is 18.2 Å². The largest absolute Gasteiger partial charge is 0.478 e. The lowest BCUT2D eigenvalue weighted by Crippen LogP contribution is -2.04. The number of halogens is 1. The Labute approximate surface area is 104 Å². The molecule has 18 heavy (non-hydrogen) atoms. The van der Waals surface area contributed by atoms with Gasteiger partial charge in [-0.25, -0.2) is 9.18 Å². The molecule has 0 bridgehead atoms. The fourth-order valence-corrected chi connectivity index (χ4v) is 1.75. The first-order valence-corrected chi connectivity index (χ1v) is 5.61. The van der Waals surface area contributed by atoms with Crippen LogP contribution < -0.4 is 0 Å². The highest BCUT2D eigenvalue weighted by Crippen LogP contribution is 2.20. The quantitative estimate of drug-likeness (QED) is 0.903. The van der Waals surface area contributed by atoms with Crippen LogP contribution in [0.1, 0.15) is 23.0 Å². The minimum absolute atomic E-state index is 0.211. The van der Waals surface area contributed by atoms with Crippen molar-refractivity contribution in [3.63, 3.8) is 0 Å². The summed E-state index contributed by atoms with van der Waals surface area (Å²) in [5.74, 6) is -1.29. The first-order valence-electron chi connectivity index (χ1n) is 5.61. The molecule has 1 aromatic carbocycles. The van der Waals surface area contributed by atoms with Crippen LogP contribution in [0.25, 0.3) is 11.3 Å². The molecule has 1 aromatic heterocycles. The van der Waals surface area contributed by atoms with Crippen LogP contribution in [0.2, 0.25) is 0 Å². The summed E-state index contributed by atoms with van der Waals surface area (Å²) in [6, 6.07) is 9.12. The molecule has 0 fully saturated rings. The van der Waals surface area contributed by atoms with Crippen molar-refractivity contribution < 1.29 is 14.3 Å². The number of aromatic carboxylic acids is 1. The van der Waals surface area contributed by atoms with Gasteiger partial charge >= 0.3 is 5.97 Å². The van der Waals surface area contributed by atoms with Crippen LogP contribution in [-0.2, 0) is 6.42 Å². The summed E-state index contributed by atoms with van der Waals surface area (Å²) in [6.45, 7) is 1.85.